The number of hydrogen-bond donors (Lipinski definition) is 0. The van der Waals surface area contributed by atoms with Gasteiger partial charge < -0.3 is 9.64 Å². The lowest BCUT2D eigenvalue weighted by Gasteiger charge is -2.15. The first kappa shape index (κ1) is 11.1. The van der Waals surface area contributed by atoms with Gasteiger partial charge in [-0.15, -0.1) is 0 Å². The van der Waals surface area contributed by atoms with Crippen molar-refractivity contribution in [3.05, 3.63) is 34.3 Å². The summed E-state index contributed by atoms with van der Waals surface area (Å²) in [7, 11) is 2.15. The number of rotatable bonds is 5. The summed E-state index contributed by atoms with van der Waals surface area (Å²) in [4.78, 5) is 2.33. The average molecular weight is 270 g/mol. The highest BCUT2D eigenvalue weighted by Gasteiger charge is 2.23. The van der Waals surface area contributed by atoms with Crippen LogP contribution in [0.25, 0.3) is 0 Å². The zero-order chi connectivity index (χ0) is 10.7. The molecule has 0 aliphatic carbocycles. The molecule has 0 unspecified atom stereocenters. The van der Waals surface area contributed by atoms with Crippen LogP contribution in [0.4, 0.5) is 0 Å². The third-order valence-electron chi connectivity index (χ3n) is 2.64. The van der Waals surface area contributed by atoms with Crippen molar-refractivity contribution in [1.82, 2.24) is 4.90 Å². The first-order valence-electron chi connectivity index (χ1n) is 5.29. The van der Waals surface area contributed by atoms with Gasteiger partial charge in [0.2, 0.25) is 0 Å². The van der Waals surface area contributed by atoms with E-state index in [0.29, 0.717) is 6.10 Å². The van der Waals surface area contributed by atoms with Crippen LogP contribution in [0.1, 0.15) is 5.56 Å². The van der Waals surface area contributed by atoms with E-state index in [1.807, 2.05) is 0 Å². The van der Waals surface area contributed by atoms with Gasteiger partial charge in [0.15, 0.2) is 0 Å². The Morgan fingerprint density at radius 3 is 2.87 bits per heavy atom. The molecule has 1 aliphatic rings. The van der Waals surface area contributed by atoms with E-state index < -0.39 is 0 Å². The highest BCUT2D eigenvalue weighted by atomic mass is 79.9. The van der Waals surface area contributed by atoms with Gasteiger partial charge in [-0.3, -0.25) is 0 Å². The van der Waals surface area contributed by atoms with E-state index >= 15 is 0 Å². The van der Waals surface area contributed by atoms with Gasteiger partial charge in [0, 0.05) is 17.6 Å². The van der Waals surface area contributed by atoms with Gasteiger partial charge in [-0.1, -0.05) is 34.1 Å². The minimum atomic E-state index is 0.495. The van der Waals surface area contributed by atoms with Crippen molar-refractivity contribution in [1.29, 1.82) is 0 Å². The standard InChI is InChI=1S/C12H16BrNO/c1-14(8-11-9-15-11)7-6-10-4-2-3-5-12(10)13/h2-5,11H,6-9H2,1H3/t11-/m0/s1. The fraction of sp³-hybridized carbons (Fsp3) is 0.500. The number of nitrogens with zero attached hydrogens (tertiary/aromatic N) is 1. The van der Waals surface area contributed by atoms with Crippen molar-refractivity contribution in [3.8, 4) is 0 Å². The predicted octanol–water partition coefficient (Wildman–Crippen LogP) is 2.32. The zero-order valence-electron chi connectivity index (χ0n) is 8.95. The molecule has 1 aromatic rings. The maximum Gasteiger partial charge on any atom is 0.0936 e. The molecule has 0 bridgehead atoms. The van der Waals surface area contributed by atoms with E-state index in [-0.39, 0.29) is 0 Å². The first-order chi connectivity index (χ1) is 7.25. The van der Waals surface area contributed by atoms with Crippen LogP contribution < -0.4 is 0 Å². The second-order valence-corrected chi connectivity index (χ2v) is 4.91. The molecule has 3 heteroatoms. The first-order valence-corrected chi connectivity index (χ1v) is 6.08. The van der Waals surface area contributed by atoms with Gasteiger partial charge in [-0.05, 0) is 25.1 Å². The Morgan fingerprint density at radius 1 is 1.47 bits per heavy atom. The number of hydrogen-bond acceptors (Lipinski definition) is 2. The molecule has 0 spiro atoms. The molecule has 2 rings (SSSR count). The normalized spacial score (nSPS) is 19.5. The van der Waals surface area contributed by atoms with Crippen molar-refractivity contribution in [2.75, 3.05) is 26.7 Å². The molecule has 1 aliphatic heterocycles. The molecular weight excluding hydrogens is 254 g/mol. The third kappa shape index (κ3) is 3.59. The van der Waals surface area contributed by atoms with Crippen LogP contribution in [0.5, 0.6) is 0 Å². The number of likely N-dealkylation sites (N-methyl/N-ethyl adjacent to an activating group) is 1. The maximum atomic E-state index is 5.20. The minimum absolute atomic E-state index is 0.495. The summed E-state index contributed by atoms with van der Waals surface area (Å²) in [6.45, 7) is 3.09. The van der Waals surface area contributed by atoms with E-state index in [9.17, 15) is 0 Å². The highest BCUT2D eigenvalue weighted by Crippen LogP contribution is 2.17. The van der Waals surface area contributed by atoms with Crippen molar-refractivity contribution >= 4 is 15.9 Å². The second kappa shape index (κ2) is 5.10. The second-order valence-electron chi connectivity index (χ2n) is 4.06. The number of benzene rings is 1. The van der Waals surface area contributed by atoms with Gasteiger partial charge in [-0.2, -0.15) is 0 Å². The molecule has 0 saturated carbocycles. The van der Waals surface area contributed by atoms with Crippen molar-refractivity contribution in [2.45, 2.75) is 12.5 Å². The summed E-state index contributed by atoms with van der Waals surface area (Å²) in [5, 5.41) is 0. The quantitative estimate of drug-likeness (QED) is 0.763. The van der Waals surface area contributed by atoms with Crippen molar-refractivity contribution in [2.24, 2.45) is 0 Å². The lowest BCUT2D eigenvalue weighted by atomic mass is 10.1. The number of halogens is 1. The molecule has 15 heavy (non-hydrogen) atoms. The summed E-state index contributed by atoms with van der Waals surface area (Å²) in [6.07, 6.45) is 1.58. The van der Waals surface area contributed by atoms with E-state index in [1.165, 1.54) is 10.0 Å². The Kier molecular flexibility index (Phi) is 3.78. The smallest absolute Gasteiger partial charge is 0.0936 e. The van der Waals surface area contributed by atoms with E-state index in [4.69, 9.17) is 4.74 Å². The molecular formula is C12H16BrNO. The zero-order valence-corrected chi connectivity index (χ0v) is 10.5. The Labute approximate surface area is 99.4 Å². The lowest BCUT2D eigenvalue weighted by molar-refractivity contribution is 0.286. The van der Waals surface area contributed by atoms with Crippen LogP contribution in [0.3, 0.4) is 0 Å². The molecule has 2 nitrogen and oxygen atoms in total. The molecule has 1 aromatic carbocycles. The molecule has 0 N–H and O–H groups in total. The molecule has 0 radical (unpaired) electrons. The third-order valence-corrected chi connectivity index (χ3v) is 3.41. The fourth-order valence-electron chi connectivity index (χ4n) is 1.62. The van der Waals surface area contributed by atoms with Gasteiger partial charge in [-0.25, -0.2) is 0 Å². The van der Waals surface area contributed by atoms with Gasteiger partial charge in [0.1, 0.15) is 0 Å². The molecule has 1 heterocycles. The van der Waals surface area contributed by atoms with E-state index in [0.717, 1.165) is 26.1 Å². The van der Waals surface area contributed by atoms with Crippen LogP contribution in [-0.2, 0) is 11.2 Å². The van der Waals surface area contributed by atoms with Crippen molar-refractivity contribution in [3.63, 3.8) is 0 Å². The van der Waals surface area contributed by atoms with Crippen LogP contribution in [0.15, 0.2) is 28.7 Å². The highest BCUT2D eigenvalue weighted by molar-refractivity contribution is 9.10. The summed E-state index contributed by atoms with van der Waals surface area (Å²) in [5.74, 6) is 0. The van der Waals surface area contributed by atoms with Crippen molar-refractivity contribution < 1.29 is 4.74 Å². The van der Waals surface area contributed by atoms with Crippen LogP contribution in [0.2, 0.25) is 0 Å². The summed E-state index contributed by atoms with van der Waals surface area (Å²) in [6, 6.07) is 8.41. The van der Waals surface area contributed by atoms with E-state index in [2.05, 4.69) is 52.1 Å². The molecule has 0 amide bonds. The number of epoxide rings is 1. The topological polar surface area (TPSA) is 15.8 Å². The molecule has 0 aromatic heterocycles. The SMILES string of the molecule is CN(CCc1ccccc1Br)C[C@H]1CO1. The Morgan fingerprint density at radius 2 is 2.20 bits per heavy atom. The van der Waals surface area contributed by atoms with Crippen LogP contribution >= 0.6 is 15.9 Å². The minimum Gasteiger partial charge on any atom is -0.372 e. The lowest BCUT2D eigenvalue weighted by Crippen LogP contribution is -2.25. The van der Waals surface area contributed by atoms with E-state index in [1.54, 1.807) is 0 Å². The van der Waals surface area contributed by atoms with Gasteiger partial charge in [0.05, 0.1) is 12.7 Å². The largest absolute Gasteiger partial charge is 0.372 e. The molecule has 1 atom stereocenters. The maximum absolute atomic E-state index is 5.20. The number of ether oxygens (including phenoxy) is 1. The van der Waals surface area contributed by atoms with Crippen LogP contribution in [-0.4, -0.2) is 37.7 Å². The van der Waals surface area contributed by atoms with Gasteiger partial charge >= 0.3 is 0 Å². The Balaban J connectivity index is 1.78. The summed E-state index contributed by atoms with van der Waals surface area (Å²) < 4.78 is 6.41. The molecule has 1 saturated heterocycles. The predicted molar refractivity (Wildman–Crippen MR) is 65.1 cm³/mol. The van der Waals surface area contributed by atoms with Gasteiger partial charge in [0.25, 0.3) is 0 Å². The average Bonchev–Trinajstić information content (AvgIpc) is 3.00. The van der Waals surface area contributed by atoms with Crippen LogP contribution in [0, 0.1) is 0 Å². The Hall–Kier alpha value is -0.380. The Bertz CT molecular complexity index is 325. The fourth-order valence-corrected chi connectivity index (χ4v) is 2.11. The summed E-state index contributed by atoms with van der Waals surface area (Å²) >= 11 is 3.57. The molecule has 1 fully saturated rings. The monoisotopic (exact) mass is 269 g/mol. The molecule has 82 valence electrons. The summed E-state index contributed by atoms with van der Waals surface area (Å²) in [5.41, 5.74) is 1.38.